The predicted octanol–water partition coefficient (Wildman–Crippen LogP) is 1.37. The van der Waals surface area contributed by atoms with Gasteiger partial charge in [0.05, 0.1) is 0 Å². The Balaban J connectivity index is 2.59. The fraction of sp³-hybridized carbons (Fsp3) is 0.818. The van der Waals surface area contributed by atoms with E-state index in [-0.39, 0.29) is 12.3 Å². The van der Waals surface area contributed by atoms with Gasteiger partial charge in [0.1, 0.15) is 0 Å². The number of carboxylic acid groups (broad SMARTS) is 1. The first-order chi connectivity index (χ1) is 8.02. The zero-order valence-corrected chi connectivity index (χ0v) is 10.6. The normalized spacial score (nSPS) is 14.5. The lowest BCUT2D eigenvalue weighted by Crippen LogP contribution is -2.16. The van der Waals surface area contributed by atoms with Crippen molar-refractivity contribution in [3.63, 3.8) is 0 Å². The number of hydrogen-bond acceptors (Lipinski definition) is 4. The number of nitrogens with zero attached hydrogens (tertiary/aromatic N) is 4. The highest BCUT2D eigenvalue weighted by molar-refractivity contribution is 5.66. The molecule has 0 aliphatic rings. The Morgan fingerprint density at radius 3 is 2.71 bits per heavy atom. The number of aliphatic carboxylic acids is 1. The number of carboxylic acids is 1. The lowest BCUT2D eigenvalue weighted by Gasteiger charge is -2.11. The summed E-state index contributed by atoms with van der Waals surface area (Å²) < 4.78 is 1.72. The average molecular weight is 240 g/mol. The summed E-state index contributed by atoms with van der Waals surface area (Å²) in [6, 6.07) is 0. The molecule has 0 saturated carbocycles. The van der Waals surface area contributed by atoms with E-state index in [0.29, 0.717) is 12.5 Å². The molecule has 0 fully saturated rings. The highest BCUT2D eigenvalue weighted by Gasteiger charge is 2.14. The van der Waals surface area contributed by atoms with Crippen LogP contribution in [-0.2, 0) is 17.8 Å². The summed E-state index contributed by atoms with van der Waals surface area (Å²) in [7, 11) is 0. The molecule has 0 aromatic carbocycles. The monoisotopic (exact) mass is 240 g/mol. The molecule has 0 amide bonds. The van der Waals surface area contributed by atoms with Gasteiger partial charge < -0.3 is 5.11 Å². The van der Waals surface area contributed by atoms with Gasteiger partial charge in [0, 0.05) is 19.4 Å². The first-order valence-corrected chi connectivity index (χ1v) is 5.99. The summed E-state index contributed by atoms with van der Waals surface area (Å²) in [6.45, 7) is 6.74. The number of carbonyl (C=O) groups is 1. The van der Waals surface area contributed by atoms with Gasteiger partial charge in [0.2, 0.25) is 0 Å². The number of tetrazole rings is 1. The smallest absolute Gasteiger partial charge is 0.303 e. The lowest BCUT2D eigenvalue weighted by atomic mass is 10.0. The van der Waals surface area contributed by atoms with Crippen LogP contribution in [0.1, 0.15) is 39.4 Å². The van der Waals surface area contributed by atoms with Gasteiger partial charge in [-0.25, -0.2) is 4.68 Å². The van der Waals surface area contributed by atoms with Crippen LogP contribution in [-0.4, -0.2) is 31.3 Å². The Bertz CT molecular complexity index is 364. The highest BCUT2D eigenvalue weighted by atomic mass is 16.4. The van der Waals surface area contributed by atoms with Gasteiger partial charge >= 0.3 is 5.97 Å². The van der Waals surface area contributed by atoms with Crippen molar-refractivity contribution in [1.29, 1.82) is 0 Å². The molecular formula is C11H20N4O2. The predicted molar refractivity (Wildman–Crippen MR) is 62.4 cm³/mol. The van der Waals surface area contributed by atoms with Crippen LogP contribution in [0.25, 0.3) is 0 Å². The third-order valence-electron chi connectivity index (χ3n) is 2.84. The minimum absolute atomic E-state index is 0.0340. The second-order valence-corrected chi connectivity index (χ2v) is 4.70. The van der Waals surface area contributed by atoms with Gasteiger partial charge in [-0.05, 0) is 22.3 Å². The van der Waals surface area contributed by atoms with E-state index in [4.69, 9.17) is 5.11 Å². The van der Waals surface area contributed by atoms with Crippen molar-refractivity contribution in [2.24, 2.45) is 11.8 Å². The van der Waals surface area contributed by atoms with Crippen molar-refractivity contribution >= 4 is 5.97 Å². The molecule has 0 bridgehead atoms. The van der Waals surface area contributed by atoms with E-state index < -0.39 is 5.97 Å². The zero-order chi connectivity index (χ0) is 12.8. The Kier molecular flexibility index (Phi) is 5.06. The molecule has 17 heavy (non-hydrogen) atoms. The molecule has 1 N–H and O–H groups in total. The number of rotatable bonds is 7. The second kappa shape index (κ2) is 6.32. The van der Waals surface area contributed by atoms with Crippen LogP contribution in [0.15, 0.2) is 0 Å². The minimum Gasteiger partial charge on any atom is -0.481 e. The fourth-order valence-electron chi connectivity index (χ4n) is 1.63. The van der Waals surface area contributed by atoms with Crippen molar-refractivity contribution in [2.45, 2.75) is 46.6 Å². The van der Waals surface area contributed by atoms with Crippen LogP contribution in [0.5, 0.6) is 0 Å². The van der Waals surface area contributed by atoms with Crippen LogP contribution < -0.4 is 0 Å². The molecule has 0 saturated heterocycles. The standard InChI is InChI=1S/C11H20N4O2/c1-4-8(2)5-10-12-13-14-15(10)7-9(3)6-11(16)17/h8-9H,4-7H2,1-3H3,(H,16,17). The summed E-state index contributed by atoms with van der Waals surface area (Å²) >= 11 is 0. The average Bonchev–Trinajstić information content (AvgIpc) is 2.64. The van der Waals surface area contributed by atoms with Crippen molar-refractivity contribution < 1.29 is 9.90 Å². The Labute approximate surface area is 101 Å². The van der Waals surface area contributed by atoms with Crippen molar-refractivity contribution in [2.75, 3.05) is 0 Å². The van der Waals surface area contributed by atoms with Gasteiger partial charge in [-0.2, -0.15) is 0 Å². The van der Waals surface area contributed by atoms with E-state index in [0.717, 1.165) is 18.7 Å². The first-order valence-electron chi connectivity index (χ1n) is 5.99. The largest absolute Gasteiger partial charge is 0.481 e. The third kappa shape index (κ3) is 4.50. The molecule has 2 atom stereocenters. The lowest BCUT2D eigenvalue weighted by molar-refractivity contribution is -0.138. The molecular weight excluding hydrogens is 220 g/mol. The summed E-state index contributed by atoms with van der Waals surface area (Å²) in [5.41, 5.74) is 0. The number of hydrogen-bond donors (Lipinski definition) is 1. The van der Waals surface area contributed by atoms with Crippen LogP contribution in [0.3, 0.4) is 0 Å². The van der Waals surface area contributed by atoms with Gasteiger partial charge in [0.15, 0.2) is 5.82 Å². The van der Waals surface area contributed by atoms with Gasteiger partial charge in [-0.15, -0.1) is 5.10 Å². The fourth-order valence-corrected chi connectivity index (χ4v) is 1.63. The summed E-state index contributed by atoms with van der Waals surface area (Å²) in [4.78, 5) is 10.6. The number of aromatic nitrogens is 4. The molecule has 1 rings (SSSR count). The van der Waals surface area contributed by atoms with Crippen molar-refractivity contribution in [1.82, 2.24) is 20.2 Å². The summed E-state index contributed by atoms with van der Waals surface area (Å²) in [5, 5.41) is 20.3. The van der Waals surface area contributed by atoms with E-state index in [9.17, 15) is 4.79 Å². The van der Waals surface area contributed by atoms with Gasteiger partial charge in [-0.1, -0.05) is 27.2 Å². The van der Waals surface area contributed by atoms with Gasteiger partial charge in [0.25, 0.3) is 0 Å². The molecule has 6 nitrogen and oxygen atoms in total. The van der Waals surface area contributed by atoms with Crippen LogP contribution >= 0.6 is 0 Å². The molecule has 96 valence electrons. The van der Waals surface area contributed by atoms with Crippen LogP contribution in [0.4, 0.5) is 0 Å². The highest BCUT2D eigenvalue weighted by Crippen LogP contribution is 2.11. The summed E-state index contributed by atoms with van der Waals surface area (Å²) in [5.74, 6) is 0.631. The quantitative estimate of drug-likeness (QED) is 0.778. The second-order valence-electron chi connectivity index (χ2n) is 4.70. The topological polar surface area (TPSA) is 80.9 Å². The molecule has 0 radical (unpaired) electrons. The third-order valence-corrected chi connectivity index (χ3v) is 2.84. The first kappa shape index (κ1) is 13.6. The Hall–Kier alpha value is -1.46. The molecule has 6 heteroatoms. The molecule has 0 spiro atoms. The van der Waals surface area contributed by atoms with E-state index in [2.05, 4.69) is 29.4 Å². The van der Waals surface area contributed by atoms with Crippen LogP contribution in [0, 0.1) is 11.8 Å². The Morgan fingerprint density at radius 2 is 2.12 bits per heavy atom. The molecule has 2 unspecified atom stereocenters. The molecule has 1 aromatic rings. The zero-order valence-electron chi connectivity index (χ0n) is 10.6. The SMILES string of the molecule is CCC(C)Cc1nnnn1CC(C)CC(=O)O. The van der Waals surface area contributed by atoms with E-state index in [1.54, 1.807) is 4.68 Å². The maximum atomic E-state index is 10.6. The molecule has 1 heterocycles. The van der Waals surface area contributed by atoms with E-state index >= 15 is 0 Å². The van der Waals surface area contributed by atoms with Crippen molar-refractivity contribution in [3.05, 3.63) is 5.82 Å². The van der Waals surface area contributed by atoms with E-state index in [1.807, 2.05) is 6.92 Å². The van der Waals surface area contributed by atoms with Gasteiger partial charge in [-0.3, -0.25) is 4.79 Å². The maximum Gasteiger partial charge on any atom is 0.303 e. The maximum absolute atomic E-state index is 10.6. The van der Waals surface area contributed by atoms with Crippen LogP contribution in [0.2, 0.25) is 0 Å². The summed E-state index contributed by atoms with van der Waals surface area (Å²) in [6.07, 6.45) is 2.06. The molecule has 0 aliphatic carbocycles. The molecule has 1 aromatic heterocycles. The van der Waals surface area contributed by atoms with E-state index in [1.165, 1.54) is 0 Å². The molecule has 0 aliphatic heterocycles. The minimum atomic E-state index is -0.783. The Morgan fingerprint density at radius 1 is 1.41 bits per heavy atom. The van der Waals surface area contributed by atoms with Crippen molar-refractivity contribution in [3.8, 4) is 0 Å².